The number of nitrogens with one attached hydrogen (secondary N) is 3. The monoisotopic (exact) mass is 475 g/mol. The van der Waals surface area contributed by atoms with Crippen LogP contribution in [0.5, 0.6) is 5.75 Å². The fraction of sp³-hybridized carbons (Fsp3) is 0.318. The summed E-state index contributed by atoms with van der Waals surface area (Å²) in [6, 6.07) is 12.1. The molecule has 30 heavy (non-hydrogen) atoms. The third kappa shape index (κ3) is 6.88. The average Bonchev–Trinajstić information content (AvgIpc) is 2.76. The largest absolute Gasteiger partial charge is 0.483 e. The number of anilines is 1. The minimum atomic E-state index is -0.493. The van der Waals surface area contributed by atoms with Gasteiger partial charge in [0.1, 0.15) is 5.75 Å². The molecule has 0 fully saturated rings. The Kier molecular flexibility index (Phi) is 8.86. The van der Waals surface area contributed by atoms with E-state index < -0.39 is 11.8 Å². The molecule has 0 spiro atoms. The maximum absolute atomic E-state index is 12.1. The number of hydrazine groups is 1. The minimum Gasteiger partial charge on any atom is -0.483 e. The Bertz CT molecular complexity index is 900. The Balaban J connectivity index is 1.81. The summed E-state index contributed by atoms with van der Waals surface area (Å²) in [6.45, 7) is 5.78. The molecule has 160 valence electrons. The molecule has 8 heteroatoms. The zero-order valence-electron chi connectivity index (χ0n) is 17.3. The predicted octanol–water partition coefficient (Wildman–Crippen LogP) is 4.15. The van der Waals surface area contributed by atoms with Gasteiger partial charge in [-0.2, -0.15) is 0 Å². The first kappa shape index (κ1) is 23.4. The first-order chi connectivity index (χ1) is 14.3. The van der Waals surface area contributed by atoms with Gasteiger partial charge >= 0.3 is 0 Å². The van der Waals surface area contributed by atoms with Crippen LogP contribution in [0.4, 0.5) is 5.69 Å². The van der Waals surface area contributed by atoms with Gasteiger partial charge in [0.2, 0.25) is 5.91 Å². The third-order valence-corrected chi connectivity index (χ3v) is 5.18. The smallest absolute Gasteiger partial charge is 0.276 e. The second-order valence-corrected chi connectivity index (χ2v) is 7.62. The molecule has 1 unspecified atom stereocenters. The number of hydrogen-bond acceptors (Lipinski definition) is 4. The number of amides is 3. The number of carbonyl (C=O) groups excluding carboxylic acids is 3. The lowest BCUT2D eigenvalue weighted by molar-refractivity contribution is -0.123. The zero-order valence-corrected chi connectivity index (χ0v) is 18.8. The summed E-state index contributed by atoms with van der Waals surface area (Å²) in [5.74, 6) is -0.0939. The fourth-order valence-electron chi connectivity index (χ4n) is 2.51. The van der Waals surface area contributed by atoms with Gasteiger partial charge in [-0.3, -0.25) is 25.2 Å². The van der Waals surface area contributed by atoms with E-state index in [0.29, 0.717) is 29.3 Å². The predicted molar refractivity (Wildman–Crippen MR) is 119 cm³/mol. The molecule has 0 aliphatic heterocycles. The summed E-state index contributed by atoms with van der Waals surface area (Å²) < 4.78 is 6.29. The van der Waals surface area contributed by atoms with Gasteiger partial charge in [-0.1, -0.05) is 26.8 Å². The molecular weight excluding hydrogens is 450 g/mol. The van der Waals surface area contributed by atoms with Gasteiger partial charge in [-0.25, -0.2) is 0 Å². The minimum absolute atomic E-state index is 0.111. The highest BCUT2D eigenvalue weighted by atomic mass is 79.9. The molecule has 0 aromatic heterocycles. The number of halogens is 1. The van der Waals surface area contributed by atoms with E-state index in [-0.39, 0.29) is 12.5 Å². The number of carbonyl (C=O) groups is 3. The van der Waals surface area contributed by atoms with Crippen molar-refractivity contribution in [3.63, 3.8) is 0 Å². The van der Waals surface area contributed by atoms with Gasteiger partial charge in [-0.15, -0.1) is 0 Å². The van der Waals surface area contributed by atoms with Crippen LogP contribution in [0.15, 0.2) is 46.9 Å². The molecule has 7 nitrogen and oxygen atoms in total. The van der Waals surface area contributed by atoms with Crippen LogP contribution in [0, 0.1) is 0 Å². The highest BCUT2D eigenvalue weighted by Gasteiger charge is 2.11. The molecule has 2 aromatic carbocycles. The van der Waals surface area contributed by atoms with Crippen molar-refractivity contribution in [3.05, 3.63) is 58.1 Å². The summed E-state index contributed by atoms with van der Waals surface area (Å²) >= 11 is 3.46. The molecule has 2 rings (SSSR count). The molecule has 2 aromatic rings. The van der Waals surface area contributed by atoms with Crippen molar-refractivity contribution in [1.29, 1.82) is 0 Å². The van der Waals surface area contributed by atoms with Gasteiger partial charge < -0.3 is 10.1 Å². The lowest BCUT2D eigenvalue weighted by Gasteiger charge is -2.13. The van der Waals surface area contributed by atoms with Crippen molar-refractivity contribution in [3.8, 4) is 5.75 Å². The number of ether oxygens (including phenoxy) is 1. The van der Waals surface area contributed by atoms with Crippen molar-refractivity contribution >= 4 is 39.3 Å². The van der Waals surface area contributed by atoms with Crippen molar-refractivity contribution < 1.29 is 19.1 Å². The molecule has 0 aliphatic carbocycles. The van der Waals surface area contributed by atoms with Crippen molar-refractivity contribution in [1.82, 2.24) is 10.9 Å². The molecule has 0 heterocycles. The summed E-state index contributed by atoms with van der Waals surface area (Å²) in [5.41, 5.74) is 6.78. The third-order valence-electron chi connectivity index (χ3n) is 4.56. The molecule has 0 bridgehead atoms. The lowest BCUT2D eigenvalue weighted by Crippen LogP contribution is -2.43. The fourth-order valence-corrected chi connectivity index (χ4v) is 3.02. The van der Waals surface area contributed by atoms with E-state index in [2.05, 4.69) is 45.9 Å². The Morgan fingerprint density at radius 3 is 2.30 bits per heavy atom. The number of benzene rings is 2. The quantitative estimate of drug-likeness (QED) is 0.499. The van der Waals surface area contributed by atoms with E-state index >= 15 is 0 Å². The van der Waals surface area contributed by atoms with Gasteiger partial charge in [-0.05, 0) is 70.2 Å². The number of rotatable bonds is 8. The molecule has 3 amide bonds. The van der Waals surface area contributed by atoms with Crippen LogP contribution in [-0.2, 0) is 9.59 Å². The first-order valence-corrected chi connectivity index (χ1v) is 10.5. The molecule has 0 saturated carbocycles. The Labute approximate surface area is 184 Å². The van der Waals surface area contributed by atoms with E-state index in [1.54, 1.807) is 31.2 Å². The van der Waals surface area contributed by atoms with E-state index in [1.807, 2.05) is 18.2 Å². The van der Waals surface area contributed by atoms with E-state index in [9.17, 15) is 14.4 Å². The van der Waals surface area contributed by atoms with E-state index in [0.717, 1.165) is 10.9 Å². The standard InChI is InChI=1S/C22H26BrN3O4/c1-4-14(3)16-8-11-19(18(23)12-16)30-13-21(28)25-26-22(29)15-6-9-17(10-7-15)24-20(27)5-2/h6-12,14H,4-5,13H2,1-3H3,(H,24,27)(H,25,28)(H,26,29). The zero-order chi connectivity index (χ0) is 22.1. The highest BCUT2D eigenvalue weighted by Crippen LogP contribution is 2.30. The second-order valence-electron chi connectivity index (χ2n) is 6.77. The van der Waals surface area contributed by atoms with Crippen LogP contribution in [-0.4, -0.2) is 24.3 Å². The van der Waals surface area contributed by atoms with Crippen LogP contribution in [0.3, 0.4) is 0 Å². The SMILES string of the molecule is CCC(=O)Nc1ccc(C(=O)NNC(=O)COc2ccc(C(C)CC)cc2Br)cc1. The molecule has 0 radical (unpaired) electrons. The topological polar surface area (TPSA) is 96.5 Å². The molecule has 1 atom stereocenters. The lowest BCUT2D eigenvalue weighted by atomic mass is 9.99. The van der Waals surface area contributed by atoms with Gasteiger partial charge in [0.15, 0.2) is 6.61 Å². The van der Waals surface area contributed by atoms with Crippen LogP contribution in [0.25, 0.3) is 0 Å². The van der Waals surface area contributed by atoms with E-state index in [4.69, 9.17) is 4.74 Å². The molecule has 3 N–H and O–H groups in total. The summed E-state index contributed by atoms with van der Waals surface area (Å²) in [7, 11) is 0. The van der Waals surface area contributed by atoms with Crippen LogP contribution in [0.1, 0.15) is 55.5 Å². The maximum atomic E-state index is 12.1. The molecular formula is C22H26BrN3O4. The average molecular weight is 476 g/mol. The van der Waals surface area contributed by atoms with Crippen molar-refractivity contribution in [2.75, 3.05) is 11.9 Å². The summed E-state index contributed by atoms with van der Waals surface area (Å²) in [6.07, 6.45) is 1.40. The summed E-state index contributed by atoms with van der Waals surface area (Å²) in [4.78, 5) is 35.5. The van der Waals surface area contributed by atoms with Crippen molar-refractivity contribution in [2.24, 2.45) is 0 Å². The number of hydrogen-bond donors (Lipinski definition) is 3. The Hall–Kier alpha value is -2.87. The second kappa shape index (κ2) is 11.3. The Morgan fingerprint density at radius 2 is 1.70 bits per heavy atom. The van der Waals surface area contributed by atoms with Crippen LogP contribution in [0.2, 0.25) is 0 Å². The Morgan fingerprint density at radius 1 is 1.00 bits per heavy atom. The molecule has 0 saturated heterocycles. The maximum Gasteiger partial charge on any atom is 0.276 e. The van der Waals surface area contributed by atoms with E-state index in [1.165, 1.54) is 5.56 Å². The van der Waals surface area contributed by atoms with Crippen LogP contribution >= 0.6 is 15.9 Å². The normalized spacial score (nSPS) is 11.3. The van der Waals surface area contributed by atoms with Crippen LogP contribution < -0.4 is 20.9 Å². The molecule has 0 aliphatic rings. The van der Waals surface area contributed by atoms with Gasteiger partial charge in [0, 0.05) is 17.7 Å². The summed E-state index contributed by atoms with van der Waals surface area (Å²) in [5, 5.41) is 2.70. The highest BCUT2D eigenvalue weighted by molar-refractivity contribution is 9.10. The van der Waals surface area contributed by atoms with Gasteiger partial charge in [0.05, 0.1) is 4.47 Å². The van der Waals surface area contributed by atoms with Crippen molar-refractivity contribution in [2.45, 2.75) is 39.5 Å². The first-order valence-electron chi connectivity index (χ1n) is 9.75. The van der Waals surface area contributed by atoms with Gasteiger partial charge in [0.25, 0.3) is 11.8 Å².